The van der Waals surface area contributed by atoms with Crippen LogP contribution in [-0.4, -0.2) is 25.1 Å². The Labute approximate surface area is 184 Å². The van der Waals surface area contributed by atoms with Gasteiger partial charge in [-0.2, -0.15) is 5.10 Å². The van der Waals surface area contributed by atoms with Gasteiger partial charge in [0.1, 0.15) is 12.3 Å². The van der Waals surface area contributed by atoms with E-state index in [1.54, 1.807) is 36.5 Å². The number of rotatable bonds is 7. The zero-order chi connectivity index (χ0) is 22.7. The molecule has 0 amide bonds. The summed E-state index contributed by atoms with van der Waals surface area (Å²) in [6.07, 6.45) is 4.42. The minimum Gasteiger partial charge on any atom is -0.454 e. The first-order valence-electron chi connectivity index (χ1n) is 10.6. The third-order valence-electron chi connectivity index (χ3n) is 5.26. The van der Waals surface area contributed by atoms with Crippen molar-refractivity contribution in [2.24, 2.45) is 0 Å². The van der Waals surface area contributed by atoms with E-state index in [9.17, 15) is 14.4 Å². The van der Waals surface area contributed by atoms with E-state index in [2.05, 4.69) is 17.0 Å². The number of carbonyl (C=O) groups excluding carboxylic acids is 1. The molecule has 0 aliphatic heterocycles. The fraction of sp³-hybridized carbons (Fsp3) is 0.292. The van der Waals surface area contributed by atoms with Crippen molar-refractivity contribution in [1.29, 1.82) is 0 Å². The average molecular weight is 432 g/mol. The summed E-state index contributed by atoms with van der Waals surface area (Å²) in [5.74, 6) is -0.670. The lowest BCUT2D eigenvalue weighted by Gasteiger charge is -2.11. The maximum absolute atomic E-state index is 12.9. The van der Waals surface area contributed by atoms with Crippen LogP contribution < -0.4 is 11.1 Å². The van der Waals surface area contributed by atoms with Crippen LogP contribution in [-0.2, 0) is 17.9 Å². The zero-order valence-corrected chi connectivity index (χ0v) is 18.1. The van der Waals surface area contributed by atoms with Crippen molar-refractivity contribution in [2.75, 3.05) is 0 Å². The van der Waals surface area contributed by atoms with Crippen LogP contribution in [0, 0.1) is 6.92 Å². The van der Waals surface area contributed by atoms with Crippen LogP contribution in [0.2, 0.25) is 0 Å². The second-order valence-corrected chi connectivity index (χ2v) is 7.72. The first kappa shape index (κ1) is 21.4. The summed E-state index contributed by atoms with van der Waals surface area (Å²) in [6.45, 7) is 4.24. The molecule has 1 aromatic carbocycles. The number of hydrogen-bond donors (Lipinski definition) is 0. The van der Waals surface area contributed by atoms with Crippen molar-refractivity contribution in [1.82, 2.24) is 19.2 Å². The Kier molecular flexibility index (Phi) is 6.11. The fourth-order valence-corrected chi connectivity index (χ4v) is 3.58. The van der Waals surface area contributed by atoms with Gasteiger partial charge in [-0.3, -0.25) is 14.0 Å². The Morgan fingerprint density at radius 2 is 1.84 bits per heavy atom. The lowest BCUT2D eigenvalue weighted by atomic mass is 10.1. The van der Waals surface area contributed by atoms with E-state index < -0.39 is 5.97 Å². The van der Waals surface area contributed by atoms with Gasteiger partial charge in [-0.25, -0.2) is 14.5 Å². The van der Waals surface area contributed by atoms with Crippen LogP contribution in [0.5, 0.6) is 0 Å². The summed E-state index contributed by atoms with van der Waals surface area (Å²) >= 11 is 0. The number of unbranched alkanes of at least 4 members (excludes halogenated alkanes) is 2. The Morgan fingerprint density at radius 1 is 1.06 bits per heavy atom. The van der Waals surface area contributed by atoms with Crippen molar-refractivity contribution < 1.29 is 9.53 Å². The quantitative estimate of drug-likeness (QED) is 0.329. The number of ether oxygens (including phenoxy) is 1. The second kappa shape index (κ2) is 9.13. The van der Waals surface area contributed by atoms with Gasteiger partial charge >= 0.3 is 5.97 Å². The Balaban J connectivity index is 1.64. The van der Waals surface area contributed by atoms with E-state index >= 15 is 0 Å². The molecule has 0 spiro atoms. The van der Waals surface area contributed by atoms with Gasteiger partial charge in [0.2, 0.25) is 0 Å². The molecule has 0 fully saturated rings. The van der Waals surface area contributed by atoms with Crippen molar-refractivity contribution in [3.8, 4) is 0 Å². The van der Waals surface area contributed by atoms with Crippen molar-refractivity contribution in [2.45, 2.75) is 46.3 Å². The van der Waals surface area contributed by atoms with Gasteiger partial charge in [0.05, 0.1) is 11.1 Å². The van der Waals surface area contributed by atoms with Crippen LogP contribution in [0.15, 0.2) is 58.3 Å². The zero-order valence-electron chi connectivity index (χ0n) is 18.1. The molecule has 0 N–H and O–H groups in total. The van der Waals surface area contributed by atoms with E-state index in [0.717, 1.165) is 24.8 Å². The normalized spacial score (nSPS) is 11.2. The van der Waals surface area contributed by atoms with Gasteiger partial charge in [-0.1, -0.05) is 38.0 Å². The monoisotopic (exact) mass is 432 g/mol. The van der Waals surface area contributed by atoms with Crippen LogP contribution in [0.4, 0.5) is 0 Å². The molecular weight excluding hydrogens is 408 g/mol. The molecule has 0 saturated heterocycles. The molecule has 4 rings (SSSR count). The molecule has 4 aromatic rings. The number of nitrogens with zero attached hydrogens (tertiary/aromatic N) is 4. The van der Waals surface area contributed by atoms with Gasteiger partial charge < -0.3 is 4.74 Å². The molecule has 8 heteroatoms. The van der Waals surface area contributed by atoms with Crippen LogP contribution in [0.1, 0.15) is 47.9 Å². The number of esters is 1. The molecular formula is C24H24N4O4. The number of hydrogen-bond acceptors (Lipinski definition) is 6. The summed E-state index contributed by atoms with van der Waals surface area (Å²) in [4.78, 5) is 42.4. The number of pyridine rings is 1. The molecule has 0 saturated carbocycles. The molecule has 0 aliphatic rings. The lowest BCUT2D eigenvalue weighted by molar-refractivity contribution is 0.0460. The fourth-order valence-electron chi connectivity index (χ4n) is 3.58. The first-order chi connectivity index (χ1) is 15.5. The van der Waals surface area contributed by atoms with Gasteiger partial charge in [0, 0.05) is 24.2 Å². The summed E-state index contributed by atoms with van der Waals surface area (Å²) in [7, 11) is 0. The third-order valence-corrected chi connectivity index (χ3v) is 5.26. The van der Waals surface area contributed by atoms with E-state index in [-0.39, 0.29) is 23.4 Å². The third kappa shape index (κ3) is 4.30. The molecule has 32 heavy (non-hydrogen) atoms. The Morgan fingerprint density at radius 3 is 2.62 bits per heavy atom. The van der Waals surface area contributed by atoms with Crippen molar-refractivity contribution >= 4 is 22.4 Å². The predicted molar refractivity (Wildman–Crippen MR) is 121 cm³/mol. The molecule has 0 unspecified atom stereocenters. The van der Waals surface area contributed by atoms with E-state index in [1.807, 2.05) is 13.0 Å². The SMILES string of the molecule is CCCCCn1nc(C(=O)OCc2cc(=O)n3ccc(C)cc3n2)c2ccccc2c1=O. The average Bonchev–Trinajstić information content (AvgIpc) is 2.79. The first-order valence-corrected chi connectivity index (χ1v) is 10.6. The summed E-state index contributed by atoms with van der Waals surface area (Å²) in [5, 5.41) is 5.17. The van der Waals surface area contributed by atoms with Crippen LogP contribution >= 0.6 is 0 Å². The second-order valence-electron chi connectivity index (χ2n) is 7.72. The number of aryl methyl sites for hydroxylation is 2. The summed E-state index contributed by atoms with van der Waals surface area (Å²) in [5.41, 5.74) is 1.38. The van der Waals surface area contributed by atoms with E-state index in [4.69, 9.17) is 4.74 Å². The minimum absolute atomic E-state index is 0.0741. The van der Waals surface area contributed by atoms with Crippen molar-refractivity contribution in [3.05, 3.63) is 86.3 Å². The number of carbonyl (C=O) groups is 1. The predicted octanol–water partition coefficient (Wildman–Crippen LogP) is 3.26. The molecule has 3 heterocycles. The van der Waals surface area contributed by atoms with Gasteiger partial charge in [-0.05, 0) is 37.1 Å². The number of fused-ring (bicyclic) bond motifs is 2. The molecule has 3 aromatic heterocycles. The van der Waals surface area contributed by atoms with Crippen molar-refractivity contribution in [3.63, 3.8) is 0 Å². The van der Waals surface area contributed by atoms with E-state index in [0.29, 0.717) is 28.7 Å². The molecule has 164 valence electrons. The molecule has 0 bridgehead atoms. The summed E-state index contributed by atoms with van der Waals surface area (Å²) < 4.78 is 8.21. The standard InChI is InChI=1S/C24H24N4O4/c1-3-4-7-11-28-23(30)19-9-6-5-8-18(19)22(26-28)24(31)32-15-17-14-21(29)27-12-10-16(2)13-20(27)25-17/h5-6,8-10,12-14H,3-4,7,11,15H2,1-2H3. The van der Waals surface area contributed by atoms with Crippen LogP contribution in [0.3, 0.4) is 0 Å². The highest BCUT2D eigenvalue weighted by Gasteiger charge is 2.18. The van der Waals surface area contributed by atoms with Gasteiger partial charge in [0.25, 0.3) is 11.1 Å². The summed E-state index contributed by atoms with van der Waals surface area (Å²) in [6, 6.07) is 11.8. The Bertz CT molecular complexity index is 1420. The highest BCUT2D eigenvalue weighted by molar-refractivity contribution is 6.02. The lowest BCUT2D eigenvalue weighted by Crippen LogP contribution is -2.26. The maximum atomic E-state index is 12.9. The smallest absolute Gasteiger partial charge is 0.359 e. The van der Waals surface area contributed by atoms with E-state index in [1.165, 1.54) is 15.1 Å². The molecule has 0 aliphatic carbocycles. The number of aromatic nitrogens is 4. The molecule has 0 atom stereocenters. The van der Waals surface area contributed by atoms with Crippen LogP contribution in [0.25, 0.3) is 16.4 Å². The molecule has 8 nitrogen and oxygen atoms in total. The maximum Gasteiger partial charge on any atom is 0.359 e. The highest BCUT2D eigenvalue weighted by Crippen LogP contribution is 2.15. The largest absolute Gasteiger partial charge is 0.454 e. The Hall–Kier alpha value is -3.81. The number of benzene rings is 1. The van der Waals surface area contributed by atoms with Gasteiger partial charge in [0.15, 0.2) is 5.69 Å². The van der Waals surface area contributed by atoms with Gasteiger partial charge in [-0.15, -0.1) is 0 Å². The molecule has 0 radical (unpaired) electrons. The highest BCUT2D eigenvalue weighted by atomic mass is 16.5. The minimum atomic E-state index is -0.670. The topological polar surface area (TPSA) is 95.6 Å².